The summed E-state index contributed by atoms with van der Waals surface area (Å²) in [5.41, 5.74) is -0.673. The number of halogens is 4. The Morgan fingerprint density at radius 3 is 2.56 bits per heavy atom. The van der Waals surface area contributed by atoms with Crippen molar-refractivity contribution in [2.75, 3.05) is 5.32 Å². The molecule has 0 spiro atoms. The van der Waals surface area contributed by atoms with Gasteiger partial charge >= 0.3 is 6.18 Å². The molecule has 2 aromatic heterocycles. The van der Waals surface area contributed by atoms with Crippen LogP contribution in [0.4, 0.5) is 23.4 Å². The Labute approximate surface area is 180 Å². The molecule has 5 rings (SSSR count). The first-order valence-electron chi connectivity index (χ1n) is 10.1. The van der Waals surface area contributed by atoms with Crippen molar-refractivity contribution in [1.82, 2.24) is 24.9 Å². The third-order valence-electron chi connectivity index (χ3n) is 6.03. The Balaban J connectivity index is 1.38. The molecule has 11 heteroatoms. The van der Waals surface area contributed by atoms with Crippen LogP contribution in [0.15, 0.2) is 48.9 Å². The Bertz CT molecular complexity index is 1130. The van der Waals surface area contributed by atoms with Crippen LogP contribution in [0, 0.1) is 5.82 Å². The molecule has 2 aliphatic rings. The van der Waals surface area contributed by atoms with E-state index in [0.29, 0.717) is 12.2 Å². The highest BCUT2D eigenvalue weighted by Crippen LogP contribution is 2.40. The molecule has 2 aliphatic heterocycles. The maximum absolute atomic E-state index is 14.6. The number of nitrogens with one attached hydrogen (secondary N) is 1. The molecule has 3 aromatic rings. The van der Waals surface area contributed by atoms with E-state index >= 15 is 0 Å². The lowest BCUT2D eigenvalue weighted by atomic mass is 9.95. The Morgan fingerprint density at radius 2 is 1.88 bits per heavy atom. The number of para-hydroxylation sites is 1. The lowest BCUT2D eigenvalue weighted by Gasteiger charge is -2.26. The molecule has 7 nitrogen and oxygen atoms in total. The van der Waals surface area contributed by atoms with Gasteiger partial charge in [0.2, 0.25) is 0 Å². The molecule has 4 heterocycles. The molecule has 2 fully saturated rings. The number of hydrogen-bond acceptors (Lipinski definition) is 5. The number of alkyl halides is 3. The van der Waals surface area contributed by atoms with Gasteiger partial charge in [0.25, 0.3) is 5.91 Å². The Kier molecular flexibility index (Phi) is 4.83. The van der Waals surface area contributed by atoms with Crippen molar-refractivity contribution in [1.29, 1.82) is 0 Å². The first kappa shape index (κ1) is 20.4. The second kappa shape index (κ2) is 7.57. The van der Waals surface area contributed by atoms with E-state index in [-0.39, 0.29) is 35.3 Å². The highest BCUT2D eigenvalue weighted by atomic mass is 19.4. The van der Waals surface area contributed by atoms with E-state index in [2.05, 4.69) is 20.5 Å². The van der Waals surface area contributed by atoms with Crippen LogP contribution in [-0.2, 0) is 6.18 Å². The Morgan fingerprint density at radius 1 is 1.09 bits per heavy atom. The summed E-state index contributed by atoms with van der Waals surface area (Å²) in [4.78, 5) is 20.2. The number of rotatable bonds is 4. The number of aromatic nitrogens is 4. The zero-order chi connectivity index (χ0) is 22.5. The number of amides is 1. The summed E-state index contributed by atoms with van der Waals surface area (Å²) in [6, 6.07) is 6.11. The molecule has 166 valence electrons. The maximum atomic E-state index is 14.6. The van der Waals surface area contributed by atoms with E-state index in [9.17, 15) is 22.4 Å². The van der Waals surface area contributed by atoms with Crippen LogP contribution in [0.2, 0.25) is 0 Å². The molecule has 1 N–H and O–H groups in total. The van der Waals surface area contributed by atoms with Gasteiger partial charge in [-0.25, -0.2) is 9.37 Å². The second-order valence-electron chi connectivity index (χ2n) is 7.88. The van der Waals surface area contributed by atoms with Crippen LogP contribution in [0.5, 0.6) is 0 Å². The van der Waals surface area contributed by atoms with Gasteiger partial charge in [-0.15, -0.1) is 4.80 Å². The summed E-state index contributed by atoms with van der Waals surface area (Å²) < 4.78 is 52.9. The van der Waals surface area contributed by atoms with Crippen LogP contribution in [0.25, 0.3) is 5.69 Å². The van der Waals surface area contributed by atoms with Gasteiger partial charge in [0.15, 0.2) is 5.82 Å². The fourth-order valence-electron chi connectivity index (χ4n) is 4.66. The Hall–Kier alpha value is -3.50. The number of anilines is 1. The highest BCUT2D eigenvalue weighted by Gasteiger charge is 2.49. The zero-order valence-corrected chi connectivity index (χ0v) is 16.6. The quantitative estimate of drug-likeness (QED) is 0.619. The molecule has 3 unspecified atom stereocenters. The first-order chi connectivity index (χ1) is 15.3. The monoisotopic (exact) mass is 446 g/mol. The molecule has 32 heavy (non-hydrogen) atoms. The number of hydrogen-bond donors (Lipinski definition) is 1. The summed E-state index contributed by atoms with van der Waals surface area (Å²) in [6.45, 7) is 0. The molecule has 1 aromatic carbocycles. The van der Waals surface area contributed by atoms with Gasteiger partial charge in [0, 0.05) is 18.3 Å². The van der Waals surface area contributed by atoms with E-state index in [1.165, 1.54) is 30.6 Å². The molecular formula is C21H18F4N6O. The van der Waals surface area contributed by atoms with Gasteiger partial charge in [-0.1, -0.05) is 6.07 Å². The molecule has 0 saturated carbocycles. The lowest BCUT2D eigenvalue weighted by molar-refractivity contribution is -0.137. The van der Waals surface area contributed by atoms with Crippen molar-refractivity contribution in [3.05, 3.63) is 65.9 Å². The smallest absolute Gasteiger partial charge is 0.365 e. The van der Waals surface area contributed by atoms with E-state index in [4.69, 9.17) is 0 Å². The third kappa shape index (κ3) is 3.47. The summed E-state index contributed by atoms with van der Waals surface area (Å²) >= 11 is 0. The van der Waals surface area contributed by atoms with Crippen LogP contribution in [0.3, 0.4) is 0 Å². The molecule has 0 aliphatic carbocycles. The van der Waals surface area contributed by atoms with Crippen molar-refractivity contribution in [2.24, 2.45) is 0 Å². The van der Waals surface area contributed by atoms with Crippen molar-refractivity contribution >= 4 is 11.7 Å². The largest absolute Gasteiger partial charge is 0.417 e. The first-order valence-corrected chi connectivity index (χ1v) is 10.1. The van der Waals surface area contributed by atoms with Crippen LogP contribution >= 0.6 is 0 Å². The number of nitrogens with zero attached hydrogens (tertiary/aromatic N) is 5. The number of benzene rings is 1. The van der Waals surface area contributed by atoms with Crippen LogP contribution in [0.1, 0.15) is 35.2 Å². The highest BCUT2D eigenvalue weighted by molar-refractivity contribution is 5.98. The van der Waals surface area contributed by atoms with Gasteiger partial charge < -0.3 is 10.2 Å². The lowest BCUT2D eigenvalue weighted by Crippen LogP contribution is -2.40. The zero-order valence-electron chi connectivity index (χ0n) is 16.6. The van der Waals surface area contributed by atoms with Gasteiger partial charge in [0.1, 0.15) is 11.5 Å². The number of carbonyl (C=O) groups excluding carboxylic acids is 1. The number of pyridine rings is 1. The summed E-state index contributed by atoms with van der Waals surface area (Å²) in [7, 11) is 0. The van der Waals surface area contributed by atoms with Gasteiger partial charge in [-0.3, -0.25) is 4.79 Å². The standard InChI is InChI=1S/C21H18F4N6O/c22-15-3-1-2-14(19(15)31-27-8-9-28-31)20(32)30-13-5-6-17(30)16(10-13)29-18-7-4-12(11-26-18)21(23,24)25/h1-4,7-9,11,13,16-17H,5-6,10H2,(H,26,29). The summed E-state index contributed by atoms with van der Waals surface area (Å²) in [5, 5.41) is 11.1. The van der Waals surface area contributed by atoms with Gasteiger partial charge in [-0.2, -0.15) is 23.4 Å². The fourth-order valence-corrected chi connectivity index (χ4v) is 4.66. The molecular weight excluding hydrogens is 428 g/mol. The van der Waals surface area contributed by atoms with Crippen molar-refractivity contribution in [3.8, 4) is 5.69 Å². The average molecular weight is 446 g/mol. The molecule has 3 atom stereocenters. The summed E-state index contributed by atoms with van der Waals surface area (Å²) in [5.74, 6) is -0.619. The van der Waals surface area contributed by atoms with E-state index in [0.717, 1.165) is 29.9 Å². The average Bonchev–Trinajstić information content (AvgIpc) is 3.49. The minimum Gasteiger partial charge on any atom is -0.365 e. The van der Waals surface area contributed by atoms with Crippen molar-refractivity contribution < 1.29 is 22.4 Å². The topological polar surface area (TPSA) is 75.9 Å². The predicted octanol–water partition coefficient (Wildman–Crippen LogP) is 3.68. The van der Waals surface area contributed by atoms with Crippen LogP contribution in [-0.4, -0.2) is 48.9 Å². The van der Waals surface area contributed by atoms with Gasteiger partial charge in [0.05, 0.1) is 29.6 Å². The number of carbonyl (C=O) groups is 1. The fraction of sp³-hybridized carbons (Fsp3) is 0.333. The van der Waals surface area contributed by atoms with Gasteiger partial charge in [-0.05, 0) is 43.5 Å². The summed E-state index contributed by atoms with van der Waals surface area (Å²) in [6.07, 6.45) is 1.30. The number of fused-ring (bicyclic) bond motifs is 2. The normalized spacial score (nSPS) is 22.4. The predicted molar refractivity (Wildman–Crippen MR) is 106 cm³/mol. The molecule has 0 radical (unpaired) electrons. The van der Waals surface area contributed by atoms with E-state index < -0.39 is 17.6 Å². The molecule has 1 amide bonds. The molecule has 2 bridgehead atoms. The molecule has 2 saturated heterocycles. The third-order valence-corrected chi connectivity index (χ3v) is 6.03. The minimum absolute atomic E-state index is 0.0114. The van der Waals surface area contributed by atoms with E-state index in [1.807, 2.05) is 0 Å². The van der Waals surface area contributed by atoms with Crippen LogP contribution < -0.4 is 5.32 Å². The minimum atomic E-state index is -4.45. The van der Waals surface area contributed by atoms with Crippen molar-refractivity contribution in [2.45, 2.75) is 43.6 Å². The maximum Gasteiger partial charge on any atom is 0.417 e. The second-order valence-corrected chi connectivity index (χ2v) is 7.88. The van der Waals surface area contributed by atoms with Crippen molar-refractivity contribution in [3.63, 3.8) is 0 Å². The van der Waals surface area contributed by atoms with E-state index in [1.54, 1.807) is 11.0 Å². The SMILES string of the molecule is O=C(c1cccc(F)c1-n1nccn1)N1C2CCC1C(Nc1ccc(C(F)(F)F)cn1)C2.